The minimum absolute atomic E-state index is 0.299. The van der Waals surface area contributed by atoms with Gasteiger partial charge in [-0.25, -0.2) is 4.98 Å². The Balaban J connectivity index is 1.93. The Morgan fingerprint density at radius 2 is 1.82 bits per heavy atom. The van der Waals surface area contributed by atoms with Crippen molar-refractivity contribution in [3.63, 3.8) is 0 Å². The molecule has 0 radical (unpaired) electrons. The lowest BCUT2D eigenvalue weighted by Crippen LogP contribution is -2.12. The first-order valence-corrected chi connectivity index (χ1v) is 7.23. The van der Waals surface area contributed by atoms with E-state index in [4.69, 9.17) is 22.7 Å². The van der Waals surface area contributed by atoms with E-state index in [2.05, 4.69) is 4.98 Å². The first kappa shape index (κ1) is 14.3. The first-order valence-electron chi connectivity index (χ1n) is 6.82. The molecule has 0 saturated carbocycles. The largest absolute Gasteiger partial charge is 0.457 e. The number of aromatic nitrogens is 2. The fourth-order valence-electron chi connectivity index (χ4n) is 2.23. The van der Waals surface area contributed by atoms with E-state index >= 15 is 0 Å². The van der Waals surface area contributed by atoms with Gasteiger partial charge in [0.25, 0.3) is 0 Å². The lowest BCUT2D eigenvalue weighted by atomic mass is 10.2. The SMILES string of the molecule is Cc1c(C(N)=S)ncn1-c1cccc(Oc2ccccc2)c1. The van der Waals surface area contributed by atoms with Gasteiger partial charge in [0.2, 0.25) is 0 Å². The van der Waals surface area contributed by atoms with Crippen molar-refractivity contribution in [2.45, 2.75) is 6.92 Å². The van der Waals surface area contributed by atoms with Gasteiger partial charge in [-0.15, -0.1) is 0 Å². The molecular weight excluding hydrogens is 294 g/mol. The number of thiocarbonyl (C=S) groups is 1. The second kappa shape index (κ2) is 5.99. The van der Waals surface area contributed by atoms with Crippen LogP contribution in [0.2, 0.25) is 0 Å². The van der Waals surface area contributed by atoms with Crippen molar-refractivity contribution < 1.29 is 4.74 Å². The number of imidazole rings is 1. The van der Waals surface area contributed by atoms with Gasteiger partial charge in [0.15, 0.2) is 0 Å². The molecule has 0 aliphatic heterocycles. The van der Waals surface area contributed by atoms with Gasteiger partial charge in [0, 0.05) is 11.8 Å². The van der Waals surface area contributed by atoms with Crippen LogP contribution in [-0.4, -0.2) is 14.5 Å². The molecule has 1 heterocycles. The van der Waals surface area contributed by atoms with Crippen LogP contribution >= 0.6 is 12.2 Å². The van der Waals surface area contributed by atoms with Crippen molar-refractivity contribution >= 4 is 17.2 Å². The Kier molecular flexibility index (Phi) is 3.89. The highest BCUT2D eigenvalue weighted by molar-refractivity contribution is 7.80. The molecule has 5 heteroatoms. The fourth-order valence-corrected chi connectivity index (χ4v) is 2.43. The zero-order valence-electron chi connectivity index (χ0n) is 12.1. The van der Waals surface area contributed by atoms with E-state index in [1.165, 1.54) is 0 Å². The average Bonchev–Trinajstić information content (AvgIpc) is 2.90. The maximum atomic E-state index is 5.85. The standard InChI is InChI=1S/C17H15N3OS/c1-12-16(17(18)22)19-11-20(12)13-6-5-9-15(10-13)21-14-7-3-2-4-8-14/h2-11H,1H3,(H2,18,22). The van der Waals surface area contributed by atoms with Gasteiger partial charge in [0.1, 0.15) is 28.5 Å². The molecule has 0 unspecified atom stereocenters. The molecule has 0 bridgehead atoms. The fraction of sp³-hybridized carbons (Fsp3) is 0.0588. The second-order valence-corrected chi connectivity index (χ2v) is 5.27. The predicted octanol–water partition coefficient (Wildman–Crippen LogP) is 3.61. The number of nitrogens with zero attached hydrogens (tertiary/aromatic N) is 2. The Labute approximate surface area is 134 Å². The summed E-state index contributed by atoms with van der Waals surface area (Å²) in [5.74, 6) is 1.56. The van der Waals surface area contributed by atoms with Crippen molar-refractivity contribution in [1.82, 2.24) is 9.55 Å². The molecule has 2 aromatic carbocycles. The number of para-hydroxylation sites is 1. The quantitative estimate of drug-likeness (QED) is 0.748. The minimum Gasteiger partial charge on any atom is -0.457 e. The molecule has 1 aromatic heterocycles. The van der Waals surface area contributed by atoms with E-state index < -0.39 is 0 Å². The number of ether oxygens (including phenoxy) is 1. The number of hydrogen-bond donors (Lipinski definition) is 1. The van der Waals surface area contributed by atoms with Gasteiger partial charge in [0.05, 0.1) is 5.69 Å². The van der Waals surface area contributed by atoms with E-state index in [1.807, 2.05) is 66.1 Å². The van der Waals surface area contributed by atoms with E-state index in [0.29, 0.717) is 10.7 Å². The van der Waals surface area contributed by atoms with Crippen molar-refractivity contribution in [2.75, 3.05) is 0 Å². The molecule has 3 rings (SSSR count). The van der Waals surface area contributed by atoms with Crippen LogP contribution in [0.4, 0.5) is 0 Å². The zero-order chi connectivity index (χ0) is 15.5. The van der Waals surface area contributed by atoms with Crippen molar-refractivity contribution in [2.24, 2.45) is 5.73 Å². The summed E-state index contributed by atoms with van der Waals surface area (Å²) in [6.45, 7) is 1.94. The van der Waals surface area contributed by atoms with Crippen LogP contribution < -0.4 is 10.5 Å². The van der Waals surface area contributed by atoms with Crippen LogP contribution in [-0.2, 0) is 0 Å². The molecule has 110 valence electrons. The Morgan fingerprint density at radius 1 is 1.09 bits per heavy atom. The van der Waals surface area contributed by atoms with E-state index in [-0.39, 0.29) is 0 Å². The highest BCUT2D eigenvalue weighted by Crippen LogP contribution is 2.24. The summed E-state index contributed by atoms with van der Waals surface area (Å²) >= 11 is 5.00. The van der Waals surface area contributed by atoms with Crippen molar-refractivity contribution in [1.29, 1.82) is 0 Å². The summed E-state index contributed by atoms with van der Waals surface area (Å²) in [6.07, 6.45) is 1.71. The molecule has 3 aromatic rings. The van der Waals surface area contributed by atoms with Gasteiger partial charge in [-0.3, -0.25) is 0 Å². The third-order valence-corrected chi connectivity index (χ3v) is 3.51. The smallest absolute Gasteiger partial charge is 0.129 e. The molecule has 2 N–H and O–H groups in total. The molecule has 22 heavy (non-hydrogen) atoms. The average molecular weight is 309 g/mol. The Bertz CT molecular complexity index is 812. The summed E-state index contributed by atoms with van der Waals surface area (Å²) in [5, 5.41) is 0. The predicted molar refractivity (Wildman–Crippen MR) is 90.7 cm³/mol. The topological polar surface area (TPSA) is 53.1 Å². The highest BCUT2D eigenvalue weighted by Gasteiger charge is 2.10. The van der Waals surface area contributed by atoms with Crippen LogP contribution in [0.5, 0.6) is 11.5 Å². The van der Waals surface area contributed by atoms with Crippen molar-refractivity contribution in [3.8, 4) is 17.2 Å². The van der Waals surface area contributed by atoms with Gasteiger partial charge >= 0.3 is 0 Å². The maximum Gasteiger partial charge on any atom is 0.129 e. The number of nitrogens with two attached hydrogens (primary N) is 1. The van der Waals surface area contributed by atoms with Gasteiger partial charge in [-0.05, 0) is 31.2 Å². The van der Waals surface area contributed by atoms with Gasteiger partial charge < -0.3 is 15.0 Å². The molecular formula is C17H15N3OS. The number of hydrogen-bond acceptors (Lipinski definition) is 3. The van der Waals surface area contributed by atoms with E-state index in [1.54, 1.807) is 6.33 Å². The lowest BCUT2D eigenvalue weighted by Gasteiger charge is -2.09. The maximum absolute atomic E-state index is 5.85. The van der Waals surface area contributed by atoms with Crippen LogP contribution in [0.15, 0.2) is 60.9 Å². The summed E-state index contributed by atoms with van der Waals surface area (Å²) in [6, 6.07) is 17.4. The third kappa shape index (κ3) is 2.84. The molecule has 0 fully saturated rings. The Morgan fingerprint density at radius 3 is 2.50 bits per heavy atom. The molecule has 0 spiro atoms. The van der Waals surface area contributed by atoms with Crippen molar-refractivity contribution in [3.05, 3.63) is 72.3 Å². The first-order chi connectivity index (χ1) is 10.6. The molecule has 4 nitrogen and oxygen atoms in total. The van der Waals surface area contributed by atoms with Gasteiger partial charge in [-0.2, -0.15) is 0 Å². The monoisotopic (exact) mass is 309 g/mol. The number of rotatable bonds is 4. The zero-order valence-corrected chi connectivity index (χ0v) is 12.9. The molecule has 0 saturated heterocycles. The second-order valence-electron chi connectivity index (χ2n) is 4.83. The summed E-state index contributed by atoms with van der Waals surface area (Å²) in [5.41, 5.74) is 8.16. The van der Waals surface area contributed by atoms with E-state index in [0.717, 1.165) is 22.9 Å². The summed E-state index contributed by atoms with van der Waals surface area (Å²) in [7, 11) is 0. The lowest BCUT2D eigenvalue weighted by molar-refractivity contribution is 0.482. The highest BCUT2D eigenvalue weighted by atomic mass is 32.1. The summed E-state index contributed by atoms with van der Waals surface area (Å²) in [4.78, 5) is 4.56. The van der Waals surface area contributed by atoms with Crippen LogP contribution in [0, 0.1) is 6.92 Å². The summed E-state index contributed by atoms with van der Waals surface area (Å²) < 4.78 is 7.79. The number of benzene rings is 2. The molecule has 0 aliphatic carbocycles. The molecule has 0 aliphatic rings. The van der Waals surface area contributed by atoms with E-state index in [9.17, 15) is 0 Å². The molecule has 0 amide bonds. The minimum atomic E-state index is 0.299. The molecule has 0 atom stereocenters. The van der Waals surface area contributed by atoms with Crippen LogP contribution in [0.25, 0.3) is 5.69 Å². The normalized spacial score (nSPS) is 10.4. The van der Waals surface area contributed by atoms with Gasteiger partial charge in [-0.1, -0.05) is 36.5 Å². The van der Waals surface area contributed by atoms with Crippen LogP contribution in [0.3, 0.4) is 0 Å². The Hall–Kier alpha value is -2.66. The van der Waals surface area contributed by atoms with Crippen LogP contribution in [0.1, 0.15) is 11.4 Å². The third-order valence-electron chi connectivity index (χ3n) is 3.31.